The van der Waals surface area contributed by atoms with Gasteiger partial charge in [0, 0.05) is 37.9 Å². The number of likely N-dealkylation sites (tertiary alicyclic amines) is 1. The molecule has 3 heterocycles. The van der Waals surface area contributed by atoms with Crippen molar-refractivity contribution in [2.45, 2.75) is 13.5 Å². The van der Waals surface area contributed by atoms with Gasteiger partial charge in [0.2, 0.25) is 0 Å². The Hall–Kier alpha value is -2.63. The summed E-state index contributed by atoms with van der Waals surface area (Å²) in [6, 6.07) is 18.5. The first-order valence-electron chi connectivity index (χ1n) is 10.4. The van der Waals surface area contributed by atoms with Crippen molar-refractivity contribution in [1.29, 1.82) is 0 Å². The van der Waals surface area contributed by atoms with Gasteiger partial charge < -0.3 is 10.2 Å². The van der Waals surface area contributed by atoms with Gasteiger partial charge in [0.1, 0.15) is 5.69 Å². The molecule has 0 bridgehead atoms. The van der Waals surface area contributed by atoms with E-state index in [9.17, 15) is 4.79 Å². The third-order valence-corrected chi connectivity index (χ3v) is 6.18. The van der Waals surface area contributed by atoms with Crippen molar-refractivity contribution < 1.29 is 4.79 Å². The molecule has 2 aromatic carbocycles. The van der Waals surface area contributed by atoms with Gasteiger partial charge in [0.15, 0.2) is 0 Å². The van der Waals surface area contributed by atoms with Gasteiger partial charge in [-0.15, -0.1) is 12.4 Å². The fraction of sp³-hybridized carbons (Fsp3) is 0.333. The van der Waals surface area contributed by atoms with Gasteiger partial charge in [0.05, 0.1) is 12.1 Å². The third kappa shape index (κ3) is 4.00. The molecule has 1 N–H and O–H groups in total. The van der Waals surface area contributed by atoms with E-state index in [1.54, 1.807) is 0 Å². The summed E-state index contributed by atoms with van der Waals surface area (Å²) in [5, 5.41) is 8.27. The number of fused-ring (bicyclic) bond motifs is 1. The van der Waals surface area contributed by atoms with Gasteiger partial charge in [-0.25, -0.2) is 0 Å². The van der Waals surface area contributed by atoms with Gasteiger partial charge in [-0.2, -0.15) is 5.10 Å². The first-order valence-corrected chi connectivity index (χ1v) is 10.4. The molecule has 5 nitrogen and oxygen atoms in total. The monoisotopic (exact) mass is 422 g/mol. The summed E-state index contributed by atoms with van der Waals surface area (Å²) in [6.45, 7) is 6.45. The lowest BCUT2D eigenvalue weighted by atomic mass is 10.0. The SMILES string of the molecule is Cc1ccc(-c2nn(Cc3ccccc3)cc2C(=O)N2C[C@H]3CNC[C@H]3C2)cc1.Cl. The van der Waals surface area contributed by atoms with Crippen LogP contribution < -0.4 is 5.32 Å². The molecule has 2 fully saturated rings. The van der Waals surface area contributed by atoms with E-state index in [1.807, 2.05) is 34.0 Å². The average Bonchev–Trinajstić information content (AvgIpc) is 3.44. The van der Waals surface area contributed by atoms with Gasteiger partial charge >= 0.3 is 0 Å². The minimum atomic E-state index is 0. The Morgan fingerprint density at radius 2 is 1.70 bits per heavy atom. The molecule has 3 aromatic rings. The normalized spacial score (nSPS) is 20.1. The van der Waals surface area contributed by atoms with E-state index in [1.165, 1.54) is 11.1 Å². The van der Waals surface area contributed by atoms with E-state index in [0.717, 1.165) is 37.4 Å². The zero-order valence-corrected chi connectivity index (χ0v) is 17.9. The second-order valence-electron chi connectivity index (χ2n) is 8.33. The summed E-state index contributed by atoms with van der Waals surface area (Å²) >= 11 is 0. The number of halogens is 1. The molecule has 5 rings (SSSR count). The van der Waals surface area contributed by atoms with Crippen molar-refractivity contribution >= 4 is 18.3 Å². The van der Waals surface area contributed by atoms with E-state index < -0.39 is 0 Å². The van der Waals surface area contributed by atoms with Crippen molar-refractivity contribution in [2.75, 3.05) is 26.2 Å². The standard InChI is InChI=1S/C24H26N4O.ClH/c1-17-7-9-19(10-8-17)23-22(16-28(26-23)13-18-5-3-2-4-6-18)24(29)27-14-20-11-25-12-21(20)15-27;/h2-10,16,20-21,25H,11-15H2,1H3;1H/t20-,21+;. The Labute approximate surface area is 183 Å². The molecule has 1 amide bonds. The van der Waals surface area contributed by atoms with Crippen LogP contribution in [0.3, 0.4) is 0 Å². The lowest BCUT2D eigenvalue weighted by Crippen LogP contribution is -2.32. The van der Waals surface area contributed by atoms with Gasteiger partial charge in [-0.1, -0.05) is 60.2 Å². The topological polar surface area (TPSA) is 50.2 Å². The van der Waals surface area contributed by atoms with Gasteiger partial charge in [-0.3, -0.25) is 9.48 Å². The zero-order valence-electron chi connectivity index (χ0n) is 17.1. The van der Waals surface area contributed by atoms with E-state index in [2.05, 4.69) is 48.6 Å². The Balaban J connectivity index is 0.00000218. The molecule has 2 aliphatic heterocycles. The van der Waals surface area contributed by atoms with Gasteiger partial charge in [0.25, 0.3) is 5.91 Å². The number of nitrogens with zero attached hydrogens (tertiary/aromatic N) is 3. The van der Waals surface area contributed by atoms with Crippen molar-refractivity contribution in [2.24, 2.45) is 11.8 Å². The number of hydrogen-bond acceptors (Lipinski definition) is 3. The summed E-state index contributed by atoms with van der Waals surface area (Å²) in [6.07, 6.45) is 1.93. The largest absolute Gasteiger partial charge is 0.338 e. The molecule has 6 heteroatoms. The summed E-state index contributed by atoms with van der Waals surface area (Å²) in [5.74, 6) is 1.27. The molecule has 156 valence electrons. The number of carbonyl (C=O) groups is 1. The number of amides is 1. The van der Waals surface area contributed by atoms with Crippen LogP contribution in [0.1, 0.15) is 21.5 Å². The van der Waals surface area contributed by atoms with E-state index in [-0.39, 0.29) is 18.3 Å². The molecule has 0 saturated carbocycles. The van der Waals surface area contributed by atoms with Crippen LogP contribution in [0.15, 0.2) is 60.8 Å². The second-order valence-corrected chi connectivity index (χ2v) is 8.33. The predicted molar refractivity (Wildman–Crippen MR) is 121 cm³/mol. The highest BCUT2D eigenvalue weighted by molar-refractivity contribution is 6.00. The Morgan fingerprint density at radius 3 is 2.37 bits per heavy atom. The van der Waals surface area contributed by atoms with Crippen LogP contribution >= 0.6 is 12.4 Å². The third-order valence-electron chi connectivity index (χ3n) is 6.18. The lowest BCUT2D eigenvalue weighted by molar-refractivity contribution is 0.0782. The quantitative estimate of drug-likeness (QED) is 0.698. The minimum Gasteiger partial charge on any atom is -0.338 e. The highest BCUT2D eigenvalue weighted by atomic mass is 35.5. The van der Waals surface area contributed by atoms with E-state index in [0.29, 0.717) is 23.9 Å². The molecule has 2 aliphatic rings. The maximum absolute atomic E-state index is 13.5. The van der Waals surface area contributed by atoms with Crippen LogP contribution in [-0.4, -0.2) is 46.8 Å². The lowest BCUT2D eigenvalue weighted by Gasteiger charge is -2.17. The van der Waals surface area contributed by atoms with Crippen LogP contribution in [0.4, 0.5) is 0 Å². The smallest absolute Gasteiger partial charge is 0.257 e. The molecule has 0 aliphatic carbocycles. The molecular weight excluding hydrogens is 396 g/mol. The van der Waals surface area contributed by atoms with Crippen molar-refractivity contribution in [3.8, 4) is 11.3 Å². The van der Waals surface area contributed by atoms with E-state index in [4.69, 9.17) is 5.10 Å². The fourth-order valence-corrected chi connectivity index (χ4v) is 4.55. The average molecular weight is 423 g/mol. The summed E-state index contributed by atoms with van der Waals surface area (Å²) in [7, 11) is 0. The van der Waals surface area contributed by atoms with Crippen molar-refractivity contribution in [1.82, 2.24) is 20.0 Å². The van der Waals surface area contributed by atoms with Crippen LogP contribution in [0.5, 0.6) is 0 Å². The first kappa shape index (κ1) is 20.6. The van der Waals surface area contributed by atoms with Crippen LogP contribution in [-0.2, 0) is 6.54 Å². The van der Waals surface area contributed by atoms with E-state index >= 15 is 0 Å². The molecule has 2 atom stereocenters. The summed E-state index contributed by atoms with van der Waals surface area (Å²) < 4.78 is 1.90. The highest BCUT2D eigenvalue weighted by Gasteiger charge is 2.39. The second kappa shape index (κ2) is 8.62. The number of nitrogens with one attached hydrogen (secondary N) is 1. The number of rotatable bonds is 4. The van der Waals surface area contributed by atoms with Crippen molar-refractivity contribution in [3.05, 3.63) is 77.5 Å². The number of aryl methyl sites for hydroxylation is 1. The summed E-state index contributed by atoms with van der Waals surface area (Å²) in [5.41, 5.74) is 4.85. The van der Waals surface area contributed by atoms with Crippen LogP contribution in [0.2, 0.25) is 0 Å². The Morgan fingerprint density at radius 1 is 1.03 bits per heavy atom. The molecule has 0 radical (unpaired) electrons. The molecule has 30 heavy (non-hydrogen) atoms. The Kier molecular flexibility index (Phi) is 5.93. The predicted octanol–water partition coefficient (Wildman–Crippen LogP) is 3.62. The minimum absolute atomic E-state index is 0. The molecule has 2 saturated heterocycles. The Bertz CT molecular complexity index is 1000. The molecule has 0 spiro atoms. The zero-order chi connectivity index (χ0) is 19.8. The van der Waals surface area contributed by atoms with Crippen molar-refractivity contribution in [3.63, 3.8) is 0 Å². The van der Waals surface area contributed by atoms with Gasteiger partial charge in [-0.05, 0) is 24.3 Å². The highest BCUT2D eigenvalue weighted by Crippen LogP contribution is 2.30. The number of hydrogen-bond donors (Lipinski definition) is 1. The number of benzene rings is 2. The molecular formula is C24H27ClN4O. The van der Waals surface area contributed by atoms with Crippen LogP contribution in [0.25, 0.3) is 11.3 Å². The first-order chi connectivity index (χ1) is 14.2. The molecule has 0 unspecified atom stereocenters. The maximum atomic E-state index is 13.5. The molecule has 1 aromatic heterocycles. The fourth-order valence-electron chi connectivity index (χ4n) is 4.55. The van der Waals surface area contributed by atoms with Crippen LogP contribution in [0, 0.1) is 18.8 Å². The number of aromatic nitrogens is 2. The number of carbonyl (C=O) groups excluding carboxylic acids is 1. The maximum Gasteiger partial charge on any atom is 0.257 e. The summed E-state index contributed by atoms with van der Waals surface area (Å²) in [4.78, 5) is 15.5.